The molecule has 6 heteroatoms. The Morgan fingerprint density at radius 1 is 1.48 bits per heavy atom. The highest BCUT2D eigenvalue weighted by atomic mass is 32.1. The van der Waals surface area contributed by atoms with Crippen LogP contribution in [0.3, 0.4) is 0 Å². The van der Waals surface area contributed by atoms with Crippen LogP contribution in [0.1, 0.15) is 19.4 Å². The van der Waals surface area contributed by atoms with Crippen molar-refractivity contribution >= 4 is 23.1 Å². The summed E-state index contributed by atoms with van der Waals surface area (Å²) < 4.78 is 5.64. The normalized spacial score (nSPS) is 10.7. The number of thiocarbonyl (C=S) groups is 1. The molecule has 0 fully saturated rings. The van der Waals surface area contributed by atoms with Gasteiger partial charge in [0.1, 0.15) is 17.3 Å². The van der Waals surface area contributed by atoms with E-state index < -0.39 is 0 Å². The van der Waals surface area contributed by atoms with Crippen LogP contribution in [-0.2, 0) is 4.79 Å². The average molecular weight is 309 g/mol. The third kappa shape index (κ3) is 7.06. The Morgan fingerprint density at radius 3 is 2.81 bits per heavy atom. The molecule has 1 aromatic rings. The van der Waals surface area contributed by atoms with Crippen molar-refractivity contribution in [1.29, 1.82) is 0 Å². The second kappa shape index (κ2) is 8.59. The highest BCUT2D eigenvalue weighted by molar-refractivity contribution is 7.80. The maximum Gasteiger partial charge on any atom is 0.234 e. The van der Waals surface area contributed by atoms with Gasteiger partial charge in [-0.3, -0.25) is 9.69 Å². The van der Waals surface area contributed by atoms with Crippen molar-refractivity contribution in [2.45, 2.75) is 19.9 Å². The predicted octanol–water partition coefficient (Wildman–Crippen LogP) is 1.16. The molecule has 0 spiro atoms. The topological polar surface area (TPSA) is 67.6 Å². The molecule has 0 aliphatic heterocycles. The van der Waals surface area contributed by atoms with Gasteiger partial charge in [-0.15, -0.1) is 0 Å². The van der Waals surface area contributed by atoms with Crippen molar-refractivity contribution in [1.82, 2.24) is 10.2 Å². The highest BCUT2D eigenvalue weighted by Gasteiger charge is 2.07. The molecule has 1 rings (SSSR count). The lowest BCUT2D eigenvalue weighted by Crippen LogP contribution is -2.39. The molecule has 5 nitrogen and oxygen atoms in total. The lowest BCUT2D eigenvalue weighted by atomic mass is 10.2. The molecule has 0 aliphatic rings. The van der Waals surface area contributed by atoms with Gasteiger partial charge in [0.05, 0.1) is 6.54 Å². The van der Waals surface area contributed by atoms with Crippen LogP contribution in [-0.4, -0.2) is 48.6 Å². The summed E-state index contributed by atoms with van der Waals surface area (Å²) in [5, 5.41) is 2.85. The van der Waals surface area contributed by atoms with Crippen LogP contribution >= 0.6 is 12.2 Å². The maximum atomic E-state index is 11.6. The minimum atomic E-state index is 0.0166. The zero-order valence-electron chi connectivity index (χ0n) is 12.8. The molecule has 1 aromatic carbocycles. The number of amides is 1. The van der Waals surface area contributed by atoms with Gasteiger partial charge in [0.15, 0.2) is 0 Å². The predicted molar refractivity (Wildman–Crippen MR) is 88.6 cm³/mol. The van der Waals surface area contributed by atoms with E-state index in [-0.39, 0.29) is 11.9 Å². The number of benzene rings is 1. The molecule has 0 radical (unpaired) electrons. The standard InChI is InChI=1S/C15H23N3O2S/c1-11(2)17-14(19)10-18(3)7-8-20-13-6-4-5-12(9-13)15(16)21/h4-6,9,11H,7-8,10H2,1-3H3,(H2,16,21)(H,17,19). The quantitative estimate of drug-likeness (QED) is 0.705. The van der Waals surface area contributed by atoms with Crippen molar-refractivity contribution < 1.29 is 9.53 Å². The zero-order valence-corrected chi connectivity index (χ0v) is 13.6. The fraction of sp³-hybridized carbons (Fsp3) is 0.467. The maximum absolute atomic E-state index is 11.6. The van der Waals surface area contributed by atoms with Gasteiger partial charge in [0.2, 0.25) is 5.91 Å². The molecule has 0 bridgehead atoms. The van der Waals surface area contributed by atoms with Crippen molar-refractivity contribution in [2.24, 2.45) is 5.73 Å². The van der Waals surface area contributed by atoms with Crippen LogP contribution in [0.2, 0.25) is 0 Å². The monoisotopic (exact) mass is 309 g/mol. The van der Waals surface area contributed by atoms with Crippen LogP contribution < -0.4 is 15.8 Å². The number of rotatable bonds is 8. The Balaban J connectivity index is 2.34. The summed E-state index contributed by atoms with van der Waals surface area (Å²) in [6, 6.07) is 7.52. The Hall–Kier alpha value is -1.66. The number of nitrogens with zero attached hydrogens (tertiary/aromatic N) is 1. The van der Waals surface area contributed by atoms with E-state index in [1.165, 1.54) is 0 Å². The summed E-state index contributed by atoms with van der Waals surface area (Å²) >= 11 is 4.93. The van der Waals surface area contributed by atoms with Gasteiger partial charge in [-0.1, -0.05) is 24.4 Å². The van der Waals surface area contributed by atoms with Gasteiger partial charge in [-0.2, -0.15) is 0 Å². The number of nitrogens with one attached hydrogen (secondary N) is 1. The Kier molecular flexibility index (Phi) is 7.11. The first kappa shape index (κ1) is 17.4. The molecule has 0 aliphatic carbocycles. The number of ether oxygens (including phenoxy) is 1. The minimum absolute atomic E-state index is 0.0166. The molecule has 0 atom stereocenters. The molecule has 0 unspecified atom stereocenters. The molecule has 21 heavy (non-hydrogen) atoms. The van der Waals surface area contributed by atoms with E-state index >= 15 is 0 Å². The molecule has 0 heterocycles. The number of nitrogens with two attached hydrogens (primary N) is 1. The minimum Gasteiger partial charge on any atom is -0.492 e. The van der Waals surface area contributed by atoms with E-state index in [9.17, 15) is 4.79 Å². The van der Waals surface area contributed by atoms with E-state index in [4.69, 9.17) is 22.7 Å². The smallest absolute Gasteiger partial charge is 0.234 e. The number of carbonyl (C=O) groups is 1. The summed E-state index contributed by atoms with van der Waals surface area (Å²) in [7, 11) is 1.88. The summed E-state index contributed by atoms with van der Waals surface area (Å²) in [5.41, 5.74) is 6.36. The Bertz CT molecular complexity index is 492. The highest BCUT2D eigenvalue weighted by Crippen LogP contribution is 2.13. The van der Waals surface area contributed by atoms with Crippen LogP contribution in [0, 0.1) is 0 Å². The zero-order chi connectivity index (χ0) is 15.8. The van der Waals surface area contributed by atoms with Crippen molar-refractivity contribution in [3.8, 4) is 5.75 Å². The SMILES string of the molecule is CC(C)NC(=O)CN(C)CCOc1cccc(C(N)=S)c1. The summed E-state index contributed by atoms with van der Waals surface area (Å²) in [6.07, 6.45) is 0. The molecule has 0 aromatic heterocycles. The molecular formula is C15H23N3O2S. The molecule has 0 saturated heterocycles. The van der Waals surface area contributed by atoms with Crippen molar-refractivity contribution in [3.05, 3.63) is 29.8 Å². The third-order valence-corrected chi connectivity index (χ3v) is 2.96. The van der Waals surface area contributed by atoms with Crippen LogP contribution in [0.5, 0.6) is 5.75 Å². The molecular weight excluding hydrogens is 286 g/mol. The van der Waals surface area contributed by atoms with Gasteiger partial charge >= 0.3 is 0 Å². The second-order valence-electron chi connectivity index (χ2n) is 5.20. The van der Waals surface area contributed by atoms with Gasteiger partial charge < -0.3 is 15.8 Å². The third-order valence-electron chi connectivity index (χ3n) is 2.72. The summed E-state index contributed by atoms with van der Waals surface area (Å²) in [6.45, 7) is 5.38. The number of hydrogen-bond donors (Lipinski definition) is 2. The first-order valence-corrected chi connectivity index (χ1v) is 7.30. The second-order valence-corrected chi connectivity index (χ2v) is 5.64. The van der Waals surface area contributed by atoms with E-state index in [1.807, 2.05) is 50.1 Å². The van der Waals surface area contributed by atoms with E-state index in [1.54, 1.807) is 0 Å². The lowest BCUT2D eigenvalue weighted by molar-refractivity contribution is -0.122. The van der Waals surface area contributed by atoms with Gasteiger partial charge in [-0.25, -0.2) is 0 Å². The van der Waals surface area contributed by atoms with E-state index in [2.05, 4.69) is 5.32 Å². The van der Waals surface area contributed by atoms with Crippen molar-refractivity contribution in [3.63, 3.8) is 0 Å². The largest absolute Gasteiger partial charge is 0.492 e. The van der Waals surface area contributed by atoms with Crippen LogP contribution in [0.25, 0.3) is 0 Å². The first-order chi connectivity index (χ1) is 9.88. The molecule has 116 valence electrons. The fourth-order valence-corrected chi connectivity index (χ4v) is 1.88. The average Bonchev–Trinajstić information content (AvgIpc) is 2.37. The van der Waals surface area contributed by atoms with Crippen LogP contribution in [0.4, 0.5) is 0 Å². The first-order valence-electron chi connectivity index (χ1n) is 6.89. The van der Waals surface area contributed by atoms with Gasteiger partial charge in [0, 0.05) is 18.2 Å². The Labute approximate surface area is 131 Å². The summed E-state index contributed by atoms with van der Waals surface area (Å²) in [5.74, 6) is 0.739. The molecule has 3 N–H and O–H groups in total. The number of hydrogen-bond acceptors (Lipinski definition) is 4. The van der Waals surface area contributed by atoms with E-state index in [0.717, 1.165) is 11.3 Å². The fourth-order valence-electron chi connectivity index (χ4n) is 1.75. The Morgan fingerprint density at radius 2 is 2.19 bits per heavy atom. The molecule has 0 saturated carbocycles. The summed E-state index contributed by atoms with van der Waals surface area (Å²) in [4.78, 5) is 13.9. The molecule has 1 amide bonds. The van der Waals surface area contributed by atoms with Gasteiger partial charge in [0.25, 0.3) is 0 Å². The van der Waals surface area contributed by atoms with Crippen LogP contribution in [0.15, 0.2) is 24.3 Å². The van der Waals surface area contributed by atoms with Crippen molar-refractivity contribution in [2.75, 3.05) is 26.7 Å². The van der Waals surface area contributed by atoms with E-state index in [0.29, 0.717) is 24.7 Å². The lowest BCUT2D eigenvalue weighted by Gasteiger charge is -2.17. The number of carbonyl (C=O) groups excluding carboxylic acids is 1. The van der Waals surface area contributed by atoms with Gasteiger partial charge in [-0.05, 0) is 33.0 Å². The number of likely N-dealkylation sites (N-methyl/N-ethyl adjacent to an activating group) is 1.